The van der Waals surface area contributed by atoms with E-state index in [0.717, 1.165) is 49.8 Å². The molecule has 0 aliphatic carbocycles. The minimum absolute atomic E-state index is 0.602. The van der Waals surface area contributed by atoms with Crippen LogP contribution in [-0.4, -0.2) is 19.5 Å². The Morgan fingerprint density at radius 3 is 1.67 bits per heavy atom. The zero-order valence-electron chi connectivity index (χ0n) is 30.4. The second kappa shape index (κ2) is 12.6. The molecule has 0 saturated carbocycles. The number of hydrogen-bond acceptors (Lipinski definition) is 5. The lowest BCUT2D eigenvalue weighted by Crippen LogP contribution is -2.00. The maximum absolute atomic E-state index is 6.87. The Balaban J connectivity index is 1.08. The van der Waals surface area contributed by atoms with Crippen LogP contribution >= 0.6 is 11.3 Å². The highest BCUT2D eigenvalue weighted by Gasteiger charge is 2.22. The van der Waals surface area contributed by atoms with Gasteiger partial charge < -0.3 is 8.98 Å². The fraction of sp³-hybridized carbons (Fsp3) is 0. The van der Waals surface area contributed by atoms with Crippen LogP contribution < -0.4 is 0 Å². The predicted octanol–water partition coefficient (Wildman–Crippen LogP) is 13.9. The summed E-state index contributed by atoms with van der Waals surface area (Å²) in [4.78, 5) is 15.1. The molecule has 0 fully saturated rings. The van der Waals surface area contributed by atoms with Gasteiger partial charge in [-0.2, -0.15) is 0 Å². The molecule has 8 aromatic carbocycles. The standard InChI is InChI=1S/C51H30N4OS/c1-3-15-31(16-4-1)49-52-50(32-17-5-2-6-18-32)54-51(53-49)39-25-13-29-43-45(39)37-23-11-22-36(47(37)56-43)35-21-14-30-44-46(35)38-24-12-28-42(48(38)57-44)55-40-26-9-7-19-33(40)34-20-8-10-27-41(34)55/h1-30H. The molecule has 12 aromatic rings. The smallest absolute Gasteiger partial charge is 0.164 e. The third-order valence-electron chi connectivity index (χ3n) is 11.1. The molecule has 266 valence electrons. The van der Waals surface area contributed by atoms with Gasteiger partial charge in [-0.05, 0) is 35.9 Å². The second-order valence-electron chi connectivity index (χ2n) is 14.3. The number of fused-ring (bicyclic) bond motifs is 9. The van der Waals surface area contributed by atoms with Crippen molar-refractivity contribution in [3.05, 3.63) is 182 Å². The first-order chi connectivity index (χ1) is 28.3. The van der Waals surface area contributed by atoms with E-state index >= 15 is 0 Å². The molecule has 5 nitrogen and oxygen atoms in total. The first-order valence-corrected chi connectivity index (χ1v) is 19.8. The summed E-state index contributed by atoms with van der Waals surface area (Å²) in [5.74, 6) is 1.85. The normalized spacial score (nSPS) is 11.9. The van der Waals surface area contributed by atoms with Crippen LogP contribution in [0.4, 0.5) is 0 Å². The van der Waals surface area contributed by atoms with Crippen LogP contribution in [0.1, 0.15) is 0 Å². The lowest BCUT2D eigenvalue weighted by Gasteiger charge is -2.10. The van der Waals surface area contributed by atoms with Crippen LogP contribution in [0, 0.1) is 0 Å². The summed E-state index contributed by atoms with van der Waals surface area (Å²) in [6.45, 7) is 0. The van der Waals surface area contributed by atoms with Crippen molar-refractivity contribution in [2.75, 3.05) is 0 Å². The van der Waals surface area contributed by atoms with Gasteiger partial charge in [0.15, 0.2) is 17.5 Å². The van der Waals surface area contributed by atoms with E-state index in [1.54, 1.807) is 0 Å². The number of benzene rings is 8. The van der Waals surface area contributed by atoms with Gasteiger partial charge in [0.2, 0.25) is 0 Å². The van der Waals surface area contributed by atoms with E-state index in [1.165, 1.54) is 47.7 Å². The summed E-state index contributed by atoms with van der Waals surface area (Å²) in [5.41, 5.74) is 10.2. The van der Waals surface area contributed by atoms with Crippen molar-refractivity contribution in [2.24, 2.45) is 0 Å². The summed E-state index contributed by atoms with van der Waals surface area (Å²) >= 11 is 1.85. The summed E-state index contributed by atoms with van der Waals surface area (Å²) in [7, 11) is 0. The molecule has 0 amide bonds. The molecule has 4 heterocycles. The number of nitrogens with zero attached hydrogens (tertiary/aromatic N) is 4. The van der Waals surface area contributed by atoms with Crippen LogP contribution in [0.2, 0.25) is 0 Å². The molecule has 0 aliphatic rings. The van der Waals surface area contributed by atoms with E-state index in [1.807, 2.05) is 84.1 Å². The topological polar surface area (TPSA) is 56.7 Å². The van der Waals surface area contributed by atoms with E-state index in [2.05, 4.69) is 114 Å². The van der Waals surface area contributed by atoms with Gasteiger partial charge in [0.25, 0.3) is 0 Å². The van der Waals surface area contributed by atoms with Crippen LogP contribution in [0.5, 0.6) is 0 Å². The minimum Gasteiger partial charge on any atom is -0.455 e. The molecule has 0 N–H and O–H groups in total. The number of rotatable bonds is 5. The predicted molar refractivity (Wildman–Crippen MR) is 236 cm³/mol. The number of furan rings is 1. The Morgan fingerprint density at radius 1 is 0.404 bits per heavy atom. The van der Waals surface area contributed by atoms with Crippen LogP contribution in [-0.2, 0) is 0 Å². The molecule has 4 aromatic heterocycles. The van der Waals surface area contributed by atoms with Crippen molar-refractivity contribution in [2.45, 2.75) is 0 Å². The van der Waals surface area contributed by atoms with E-state index in [0.29, 0.717) is 17.5 Å². The van der Waals surface area contributed by atoms with Gasteiger partial charge in [-0.25, -0.2) is 15.0 Å². The molecule has 57 heavy (non-hydrogen) atoms. The molecule has 0 radical (unpaired) electrons. The maximum atomic E-state index is 6.87. The first kappa shape index (κ1) is 31.9. The van der Waals surface area contributed by atoms with Crippen molar-refractivity contribution in [3.8, 4) is 51.0 Å². The lowest BCUT2D eigenvalue weighted by atomic mass is 9.96. The van der Waals surface area contributed by atoms with E-state index < -0.39 is 0 Å². The fourth-order valence-corrected chi connectivity index (χ4v) is 9.82. The second-order valence-corrected chi connectivity index (χ2v) is 15.4. The third-order valence-corrected chi connectivity index (χ3v) is 12.3. The zero-order chi connectivity index (χ0) is 37.5. The molecule has 0 unspecified atom stereocenters. The van der Waals surface area contributed by atoms with Crippen LogP contribution in [0.15, 0.2) is 186 Å². The molecule has 0 atom stereocenters. The third kappa shape index (κ3) is 4.91. The molecule has 6 heteroatoms. The highest BCUT2D eigenvalue weighted by molar-refractivity contribution is 7.26. The minimum atomic E-state index is 0.602. The van der Waals surface area contributed by atoms with Crippen molar-refractivity contribution in [1.82, 2.24) is 19.5 Å². The summed E-state index contributed by atoms with van der Waals surface area (Å²) in [5, 5.41) is 6.97. The number of hydrogen-bond donors (Lipinski definition) is 0. The molecule has 0 aliphatic heterocycles. The average Bonchev–Trinajstić information content (AvgIpc) is 3.97. The van der Waals surface area contributed by atoms with Crippen molar-refractivity contribution >= 4 is 75.3 Å². The lowest BCUT2D eigenvalue weighted by molar-refractivity contribution is 0.670. The highest BCUT2D eigenvalue weighted by Crippen LogP contribution is 2.47. The maximum Gasteiger partial charge on any atom is 0.164 e. The quantitative estimate of drug-likeness (QED) is 0.176. The highest BCUT2D eigenvalue weighted by atomic mass is 32.1. The van der Waals surface area contributed by atoms with E-state index in [-0.39, 0.29) is 0 Å². The van der Waals surface area contributed by atoms with E-state index in [4.69, 9.17) is 19.4 Å². The first-order valence-electron chi connectivity index (χ1n) is 19.0. The Kier molecular flexibility index (Phi) is 7.03. The largest absolute Gasteiger partial charge is 0.455 e. The van der Waals surface area contributed by atoms with Gasteiger partial charge >= 0.3 is 0 Å². The van der Waals surface area contributed by atoms with Crippen molar-refractivity contribution in [1.29, 1.82) is 0 Å². The molecular formula is C51H30N4OS. The molecular weight excluding hydrogens is 717 g/mol. The molecule has 0 spiro atoms. The van der Waals surface area contributed by atoms with Crippen LogP contribution in [0.3, 0.4) is 0 Å². The van der Waals surface area contributed by atoms with Crippen molar-refractivity contribution < 1.29 is 4.42 Å². The fourth-order valence-electron chi connectivity index (χ4n) is 8.59. The van der Waals surface area contributed by atoms with Gasteiger partial charge in [-0.1, -0.05) is 152 Å². The zero-order valence-corrected chi connectivity index (χ0v) is 31.2. The molecule has 0 saturated heterocycles. The Hall–Kier alpha value is -7.41. The van der Waals surface area contributed by atoms with Crippen molar-refractivity contribution in [3.63, 3.8) is 0 Å². The van der Waals surface area contributed by atoms with Gasteiger partial charge in [0, 0.05) is 59.3 Å². The summed E-state index contributed by atoms with van der Waals surface area (Å²) < 4.78 is 11.8. The monoisotopic (exact) mass is 746 g/mol. The van der Waals surface area contributed by atoms with Gasteiger partial charge in [0.1, 0.15) is 11.2 Å². The summed E-state index contributed by atoms with van der Waals surface area (Å²) in [6, 6.07) is 63.6. The summed E-state index contributed by atoms with van der Waals surface area (Å²) in [6.07, 6.45) is 0. The Labute approximate surface area is 330 Å². The molecule has 0 bridgehead atoms. The number of aromatic nitrogens is 4. The average molecular weight is 747 g/mol. The van der Waals surface area contributed by atoms with Gasteiger partial charge in [-0.15, -0.1) is 11.3 Å². The van der Waals surface area contributed by atoms with E-state index in [9.17, 15) is 0 Å². The van der Waals surface area contributed by atoms with Crippen LogP contribution in [0.25, 0.3) is 115 Å². The Bertz CT molecular complexity index is 3420. The van der Waals surface area contributed by atoms with Gasteiger partial charge in [-0.3, -0.25) is 0 Å². The Morgan fingerprint density at radius 2 is 0.947 bits per heavy atom. The van der Waals surface area contributed by atoms with Gasteiger partial charge in [0.05, 0.1) is 21.4 Å². The SMILES string of the molecule is c1ccc(-c2nc(-c3ccccc3)nc(-c3cccc4oc5c(-c6cccc7sc8c(-n9c%10ccccc%10c%10ccccc%109)cccc8c67)cccc5c34)n2)cc1. The number of thiophene rings is 1. The number of para-hydroxylation sites is 3. The molecule has 12 rings (SSSR count).